The molecule has 2 aliphatic rings. The maximum absolute atomic E-state index is 9.73. The maximum Gasteiger partial charge on any atom is 0.165 e. The normalized spacial score (nSPS) is 18.9. The number of ether oxygens (including phenoxy) is 3. The Kier molecular flexibility index (Phi) is 6.22. The number of methoxy groups -OCH3 is 1. The molecule has 5 rings (SSSR count). The van der Waals surface area contributed by atoms with Gasteiger partial charge in [-0.25, -0.2) is 15.0 Å². The number of morpholine rings is 1. The van der Waals surface area contributed by atoms with Crippen LogP contribution in [0, 0.1) is 0 Å². The fourth-order valence-electron chi connectivity index (χ4n) is 4.35. The summed E-state index contributed by atoms with van der Waals surface area (Å²) >= 11 is 0. The van der Waals surface area contributed by atoms with Crippen LogP contribution in [0.15, 0.2) is 36.4 Å². The molecule has 172 valence electrons. The van der Waals surface area contributed by atoms with Crippen molar-refractivity contribution in [1.82, 2.24) is 15.0 Å². The van der Waals surface area contributed by atoms with Gasteiger partial charge >= 0.3 is 0 Å². The standard InChI is InChI=1S/C25H28N4O4/c1-16-15-33-12-9-29(16)25-20-4-5-21(18-3-6-22(31-2)19(13-18)14-30)26-24(20)27-23(28-25)17-7-10-32-11-8-17/h3-7,13,16,30H,8-12,14-15H2,1-2H3/t16-/m0/s1. The lowest BCUT2D eigenvalue weighted by atomic mass is 10.1. The van der Waals surface area contributed by atoms with Gasteiger partial charge in [0.05, 0.1) is 57.3 Å². The topological polar surface area (TPSA) is 89.8 Å². The first-order valence-electron chi connectivity index (χ1n) is 11.3. The molecule has 8 heteroatoms. The van der Waals surface area contributed by atoms with Crippen molar-refractivity contribution in [3.63, 3.8) is 0 Å². The van der Waals surface area contributed by atoms with Crippen molar-refractivity contribution in [2.24, 2.45) is 0 Å². The van der Waals surface area contributed by atoms with Gasteiger partial charge in [-0.1, -0.05) is 6.08 Å². The third kappa shape index (κ3) is 4.29. The number of pyridine rings is 1. The molecule has 2 aromatic heterocycles. The van der Waals surface area contributed by atoms with Crippen molar-refractivity contribution in [2.75, 3.05) is 45.0 Å². The predicted octanol–water partition coefficient (Wildman–Crippen LogP) is 3.22. The molecule has 3 aromatic rings. The summed E-state index contributed by atoms with van der Waals surface area (Å²) in [5, 5.41) is 10.6. The van der Waals surface area contributed by atoms with Gasteiger partial charge in [0.15, 0.2) is 11.5 Å². The first kappa shape index (κ1) is 21.8. The Morgan fingerprint density at radius 2 is 2.03 bits per heavy atom. The number of aliphatic hydroxyl groups is 1. The van der Waals surface area contributed by atoms with E-state index in [9.17, 15) is 5.11 Å². The Morgan fingerprint density at radius 3 is 2.79 bits per heavy atom. The summed E-state index contributed by atoms with van der Waals surface area (Å²) in [6.45, 7) is 5.39. The van der Waals surface area contributed by atoms with E-state index in [4.69, 9.17) is 29.2 Å². The van der Waals surface area contributed by atoms with Crippen molar-refractivity contribution < 1.29 is 19.3 Å². The number of fused-ring (bicyclic) bond motifs is 1. The summed E-state index contributed by atoms with van der Waals surface area (Å²) in [5.41, 5.74) is 4.14. The number of nitrogens with zero attached hydrogens (tertiary/aromatic N) is 4. The second-order valence-corrected chi connectivity index (χ2v) is 8.29. The van der Waals surface area contributed by atoms with Gasteiger partial charge in [-0.15, -0.1) is 0 Å². The number of rotatable bonds is 5. The molecule has 1 atom stereocenters. The van der Waals surface area contributed by atoms with Crippen LogP contribution in [-0.4, -0.2) is 66.2 Å². The molecule has 0 amide bonds. The molecule has 1 saturated heterocycles. The van der Waals surface area contributed by atoms with E-state index in [2.05, 4.69) is 17.9 Å². The Hall–Kier alpha value is -3.07. The second-order valence-electron chi connectivity index (χ2n) is 8.29. The van der Waals surface area contributed by atoms with Crippen LogP contribution in [0.4, 0.5) is 5.82 Å². The van der Waals surface area contributed by atoms with Crippen LogP contribution in [0.5, 0.6) is 5.75 Å². The molecule has 0 radical (unpaired) electrons. The van der Waals surface area contributed by atoms with Gasteiger partial charge in [0, 0.05) is 17.7 Å². The molecular weight excluding hydrogens is 420 g/mol. The van der Waals surface area contributed by atoms with Crippen LogP contribution in [-0.2, 0) is 16.1 Å². The highest BCUT2D eigenvalue weighted by Crippen LogP contribution is 2.32. The molecule has 33 heavy (non-hydrogen) atoms. The van der Waals surface area contributed by atoms with Crippen LogP contribution in [0.3, 0.4) is 0 Å². The van der Waals surface area contributed by atoms with Gasteiger partial charge in [-0.05, 0) is 49.2 Å². The molecule has 1 fully saturated rings. The maximum atomic E-state index is 9.73. The number of aromatic nitrogens is 3. The summed E-state index contributed by atoms with van der Waals surface area (Å²) in [5.74, 6) is 2.25. The SMILES string of the molecule is COc1ccc(-c2ccc3c(N4CCOC[C@@H]4C)nc(C4=CCOCC4)nc3n2)cc1CO. The Labute approximate surface area is 192 Å². The largest absolute Gasteiger partial charge is 0.496 e. The van der Waals surface area contributed by atoms with Gasteiger partial charge < -0.3 is 24.2 Å². The second kappa shape index (κ2) is 9.43. The lowest BCUT2D eigenvalue weighted by Crippen LogP contribution is -2.44. The van der Waals surface area contributed by atoms with Gasteiger partial charge in [0.2, 0.25) is 0 Å². The zero-order valence-electron chi connectivity index (χ0n) is 19.0. The highest BCUT2D eigenvalue weighted by Gasteiger charge is 2.25. The highest BCUT2D eigenvalue weighted by molar-refractivity contribution is 5.90. The van der Waals surface area contributed by atoms with Crippen LogP contribution >= 0.6 is 0 Å². The summed E-state index contributed by atoms with van der Waals surface area (Å²) in [6.07, 6.45) is 2.83. The van der Waals surface area contributed by atoms with Crippen molar-refractivity contribution in [1.29, 1.82) is 0 Å². The third-order valence-corrected chi connectivity index (χ3v) is 6.18. The number of anilines is 1. The fourth-order valence-corrected chi connectivity index (χ4v) is 4.35. The zero-order valence-corrected chi connectivity index (χ0v) is 19.0. The minimum atomic E-state index is -0.105. The quantitative estimate of drug-likeness (QED) is 0.636. The van der Waals surface area contributed by atoms with Crippen molar-refractivity contribution in [3.8, 4) is 17.0 Å². The van der Waals surface area contributed by atoms with Gasteiger partial charge in [0.1, 0.15) is 11.6 Å². The van der Waals surface area contributed by atoms with E-state index < -0.39 is 0 Å². The van der Waals surface area contributed by atoms with E-state index in [0.717, 1.165) is 46.6 Å². The zero-order chi connectivity index (χ0) is 22.8. The van der Waals surface area contributed by atoms with Gasteiger partial charge in [-0.3, -0.25) is 0 Å². The Balaban J connectivity index is 1.65. The highest BCUT2D eigenvalue weighted by atomic mass is 16.5. The molecule has 4 heterocycles. The smallest absolute Gasteiger partial charge is 0.165 e. The van der Waals surface area contributed by atoms with E-state index in [-0.39, 0.29) is 12.6 Å². The number of benzene rings is 1. The molecule has 2 aliphatic heterocycles. The Bertz CT molecular complexity index is 1200. The van der Waals surface area contributed by atoms with E-state index in [1.54, 1.807) is 7.11 Å². The minimum absolute atomic E-state index is 0.105. The molecule has 8 nitrogen and oxygen atoms in total. The summed E-state index contributed by atoms with van der Waals surface area (Å²) < 4.78 is 16.5. The van der Waals surface area contributed by atoms with E-state index in [0.29, 0.717) is 43.6 Å². The van der Waals surface area contributed by atoms with E-state index in [1.807, 2.05) is 30.3 Å². The monoisotopic (exact) mass is 448 g/mol. The van der Waals surface area contributed by atoms with Gasteiger partial charge in [0.25, 0.3) is 0 Å². The number of hydrogen-bond acceptors (Lipinski definition) is 8. The average molecular weight is 449 g/mol. The van der Waals surface area contributed by atoms with Crippen molar-refractivity contribution in [3.05, 3.63) is 47.8 Å². The Morgan fingerprint density at radius 1 is 1.12 bits per heavy atom. The van der Waals surface area contributed by atoms with Crippen LogP contribution in [0.25, 0.3) is 27.9 Å². The van der Waals surface area contributed by atoms with E-state index in [1.165, 1.54) is 0 Å². The molecule has 0 bridgehead atoms. The first-order chi connectivity index (χ1) is 16.2. The molecular formula is C25H28N4O4. The minimum Gasteiger partial charge on any atom is -0.496 e. The summed E-state index contributed by atoms with van der Waals surface area (Å²) in [7, 11) is 1.60. The summed E-state index contributed by atoms with van der Waals surface area (Å²) in [4.78, 5) is 17.1. The van der Waals surface area contributed by atoms with Crippen LogP contribution < -0.4 is 9.64 Å². The van der Waals surface area contributed by atoms with Crippen molar-refractivity contribution in [2.45, 2.75) is 26.0 Å². The molecule has 0 spiro atoms. The molecule has 0 aliphatic carbocycles. The average Bonchev–Trinajstić information content (AvgIpc) is 2.88. The molecule has 0 unspecified atom stereocenters. The third-order valence-electron chi connectivity index (χ3n) is 6.18. The lowest BCUT2D eigenvalue weighted by molar-refractivity contribution is 0.0986. The molecule has 1 aromatic carbocycles. The fraction of sp³-hybridized carbons (Fsp3) is 0.400. The van der Waals surface area contributed by atoms with Gasteiger partial charge in [-0.2, -0.15) is 0 Å². The van der Waals surface area contributed by atoms with Crippen molar-refractivity contribution >= 4 is 22.4 Å². The number of hydrogen-bond donors (Lipinski definition) is 1. The molecule has 1 N–H and O–H groups in total. The first-order valence-corrected chi connectivity index (χ1v) is 11.3. The molecule has 0 saturated carbocycles. The predicted molar refractivity (Wildman–Crippen MR) is 126 cm³/mol. The summed E-state index contributed by atoms with van der Waals surface area (Å²) in [6, 6.07) is 9.94. The van der Waals surface area contributed by atoms with E-state index >= 15 is 0 Å². The lowest BCUT2D eigenvalue weighted by Gasteiger charge is -2.35. The van der Waals surface area contributed by atoms with Crippen LogP contribution in [0.1, 0.15) is 24.7 Å². The van der Waals surface area contributed by atoms with Crippen LogP contribution in [0.2, 0.25) is 0 Å². The number of aliphatic hydroxyl groups excluding tert-OH is 1.